The van der Waals surface area contributed by atoms with Gasteiger partial charge in [0.25, 0.3) is 15.9 Å². The Balaban J connectivity index is 1.66. The fourth-order valence-corrected chi connectivity index (χ4v) is 4.58. The van der Waals surface area contributed by atoms with Crippen molar-refractivity contribution in [2.24, 2.45) is 5.92 Å². The summed E-state index contributed by atoms with van der Waals surface area (Å²) in [7, 11) is -3.89. The number of benzene rings is 2. The Morgan fingerprint density at radius 2 is 1.69 bits per heavy atom. The smallest absolute Gasteiger partial charge is 0.264 e. The largest absolute Gasteiger partial charge is 0.492 e. The van der Waals surface area contributed by atoms with Crippen molar-refractivity contribution in [2.45, 2.75) is 32.6 Å². The van der Waals surface area contributed by atoms with Crippen molar-refractivity contribution >= 4 is 60.8 Å². The molecule has 1 aromatic heterocycles. The van der Waals surface area contributed by atoms with Gasteiger partial charge in [0.05, 0.1) is 17.1 Å². The second kappa shape index (κ2) is 11.8. The van der Waals surface area contributed by atoms with E-state index in [0.717, 1.165) is 4.47 Å². The van der Waals surface area contributed by atoms with Crippen LogP contribution in [0.3, 0.4) is 0 Å². The van der Waals surface area contributed by atoms with E-state index in [4.69, 9.17) is 17.0 Å². The highest BCUT2D eigenvalue weighted by Crippen LogP contribution is 2.24. The molecule has 0 aliphatic carbocycles. The number of aromatic nitrogens is 2. The highest BCUT2D eigenvalue weighted by atomic mass is 79.9. The molecule has 3 rings (SSSR count). The van der Waals surface area contributed by atoms with Gasteiger partial charge in [-0.05, 0) is 80.5 Å². The number of halogens is 1. The molecule has 1 heterocycles. The van der Waals surface area contributed by atoms with E-state index >= 15 is 0 Å². The number of carbonyl (C=O) groups excluding carboxylic acids is 1. The van der Waals surface area contributed by atoms with Crippen molar-refractivity contribution in [3.8, 4) is 5.75 Å². The Hall–Kier alpha value is -3.09. The maximum Gasteiger partial charge on any atom is 0.264 e. The number of ether oxygens (including phenoxy) is 1. The maximum atomic E-state index is 12.8. The fourth-order valence-electron chi connectivity index (χ4n) is 3.06. The molecule has 0 bridgehead atoms. The van der Waals surface area contributed by atoms with Gasteiger partial charge >= 0.3 is 0 Å². The molecular formula is C24H26BrN5O4S2. The monoisotopic (exact) mass is 591 g/mol. The van der Waals surface area contributed by atoms with Crippen molar-refractivity contribution in [1.82, 2.24) is 15.3 Å². The highest BCUT2D eigenvalue weighted by Gasteiger charge is 2.18. The summed E-state index contributed by atoms with van der Waals surface area (Å²) in [5.41, 5.74) is 2.12. The molecule has 36 heavy (non-hydrogen) atoms. The molecule has 0 unspecified atom stereocenters. The lowest BCUT2D eigenvalue weighted by atomic mass is 10.2. The fraction of sp³-hybridized carbons (Fsp3) is 0.250. The molecule has 0 saturated carbocycles. The first-order valence-corrected chi connectivity index (χ1v) is 13.6. The Morgan fingerprint density at radius 1 is 1.06 bits per heavy atom. The third-order valence-electron chi connectivity index (χ3n) is 4.62. The van der Waals surface area contributed by atoms with Gasteiger partial charge in [-0.15, -0.1) is 0 Å². The Kier molecular flexibility index (Phi) is 8.98. The van der Waals surface area contributed by atoms with Gasteiger partial charge in [-0.25, -0.2) is 23.1 Å². The van der Waals surface area contributed by atoms with Gasteiger partial charge in [0, 0.05) is 21.5 Å². The van der Waals surface area contributed by atoms with Crippen LogP contribution < -0.4 is 20.1 Å². The zero-order valence-corrected chi connectivity index (χ0v) is 23.3. The van der Waals surface area contributed by atoms with Gasteiger partial charge in [-0.3, -0.25) is 10.1 Å². The minimum Gasteiger partial charge on any atom is -0.492 e. The number of thiocarbonyl (C=S) groups is 1. The lowest BCUT2D eigenvalue weighted by Gasteiger charge is -2.15. The topological polar surface area (TPSA) is 122 Å². The average Bonchev–Trinajstić information content (AvgIpc) is 2.77. The third-order valence-corrected chi connectivity index (χ3v) is 6.66. The normalized spacial score (nSPS) is 11.2. The van der Waals surface area contributed by atoms with E-state index in [9.17, 15) is 13.2 Å². The molecular weight excluding hydrogens is 566 g/mol. The lowest BCUT2D eigenvalue weighted by Crippen LogP contribution is -2.34. The van der Waals surface area contributed by atoms with Crippen LogP contribution in [0.1, 0.15) is 35.6 Å². The molecule has 0 fully saturated rings. The van der Waals surface area contributed by atoms with Crippen LogP contribution >= 0.6 is 28.1 Å². The molecule has 0 radical (unpaired) electrons. The summed E-state index contributed by atoms with van der Waals surface area (Å²) in [5.74, 6) is 0.303. The molecule has 0 spiro atoms. The first-order chi connectivity index (χ1) is 16.9. The van der Waals surface area contributed by atoms with Crippen molar-refractivity contribution in [2.75, 3.05) is 16.6 Å². The van der Waals surface area contributed by atoms with E-state index in [1.165, 1.54) is 24.3 Å². The molecule has 3 aromatic rings. The van der Waals surface area contributed by atoms with Crippen LogP contribution in [0, 0.1) is 19.8 Å². The van der Waals surface area contributed by atoms with E-state index in [0.29, 0.717) is 40.9 Å². The van der Waals surface area contributed by atoms with E-state index < -0.39 is 15.9 Å². The van der Waals surface area contributed by atoms with Crippen molar-refractivity contribution < 1.29 is 17.9 Å². The number of sulfonamides is 1. The summed E-state index contributed by atoms with van der Waals surface area (Å²) in [6.07, 6.45) is 0. The summed E-state index contributed by atoms with van der Waals surface area (Å²) in [6, 6.07) is 12.8. The summed E-state index contributed by atoms with van der Waals surface area (Å²) in [6.45, 7) is 8.00. The van der Waals surface area contributed by atoms with Gasteiger partial charge < -0.3 is 10.1 Å². The van der Waals surface area contributed by atoms with Gasteiger partial charge in [-0.1, -0.05) is 29.8 Å². The molecule has 12 heteroatoms. The number of aryl methyl sites for hydroxylation is 2. The number of anilines is 2. The third kappa shape index (κ3) is 7.70. The molecule has 0 saturated heterocycles. The van der Waals surface area contributed by atoms with Crippen molar-refractivity contribution in [1.29, 1.82) is 0 Å². The van der Waals surface area contributed by atoms with E-state index in [1.807, 2.05) is 13.8 Å². The van der Waals surface area contributed by atoms with Crippen LogP contribution in [0.25, 0.3) is 0 Å². The predicted octanol–water partition coefficient (Wildman–Crippen LogP) is 4.82. The lowest BCUT2D eigenvalue weighted by molar-refractivity contribution is 0.0973. The summed E-state index contributed by atoms with van der Waals surface area (Å²) in [5, 5.41) is 5.55. The first kappa shape index (κ1) is 27.5. The first-order valence-electron chi connectivity index (χ1n) is 10.9. The van der Waals surface area contributed by atoms with Crippen LogP contribution in [-0.2, 0) is 10.0 Å². The van der Waals surface area contributed by atoms with Crippen LogP contribution in [0.4, 0.5) is 11.6 Å². The van der Waals surface area contributed by atoms with Gasteiger partial charge in [-0.2, -0.15) is 0 Å². The van der Waals surface area contributed by atoms with Crippen LogP contribution in [0.5, 0.6) is 5.75 Å². The minimum atomic E-state index is -3.89. The zero-order chi connectivity index (χ0) is 26.5. The minimum absolute atomic E-state index is 0.00267. The second-order valence-electron chi connectivity index (χ2n) is 8.36. The number of rotatable bonds is 8. The summed E-state index contributed by atoms with van der Waals surface area (Å²) >= 11 is 8.64. The van der Waals surface area contributed by atoms with Gasteiger partial charge in [0.2, 0.25) is 5.95 Å². The molecule has 9 nitrogen and oxygen atoms in total. The molecule has 0 atom stereocenters. The van der Waals surface area contributed by atoms with E-state index in [2.05, 4.69) is 41.3 Å². The van der Waals surface area contributed by atoms with E-state index in [-0.39, 0.29) is 16.0 Å². The van der Waals surface area contributed by atoms with Crippen LogP contribution in [0.15, 0.2) is 57.9 Å². The Bertz CT molecular complexity index is 1360. The molecule has 0 aliphatic rings. The summed E-state index contributed by atoms with van der Waals surface area (Å²) < 4.78 is 34.3. The standard InChI is InChI=1S/C24H26BrN5O4S2/c1-14(2)13-34-21-10-5-17(25)12-20(21)22(31)29-24(35)28-18-6-8-19(9-7-18)36(32,33)30-23-26-15(3)11-16(4)27-23/h5-12,14H,13H2,1-4H3,(H,26,27,30)(H2,28,29,31,35). The number of carbonyl (C=O) groups is 1. The number of nitrogens with one attached hydrogen (secondary N) is 3. The number of nitrogens with zero attached hydrogens (tertiary/aromatic N) is 2. The maximum absolute atomic E-state index is 12.8. The average molecular weight is 593 g/mol. The van der Waals surface area contributed by atoms with Gasteiger partial charge in [0.15, 0.2) is 5.11 Å². The number of hydrogen-bond acceptors (Lipinski definition) is 7. The molecule has 3 N–H and O–H groups in total. The highest BCUT2D eigenvalue weighted by molar-refractivity contribution is 9.10. The Morgan fingerprint density at radius 3 is 2.31 bits per heavy atom. The quantitative estimate of drug-likeness (QED) is 0.319. The number of hydrogen-bond donors (Lipinski definition) is 3. The van der Waals surface area contributed by atoms with E-state index in [1.54, 1.807) is 38.1 Å². The zero-order valence-electron chi connectivity index (χ0n) is 20.1. The summed E-state index contributed by atoms with van der Waals surface area (Å²) in [4.78, 5) is 21.1. The second-order valence-corrected chi connectivity index (χ2v) is 11.4. The molecule has 2 aromatic carbocycles. The van der Waals surface area contributed by atoms with Crippen molar-refractivity contribution in [3.63, 3.8) is 0 Å². The SMILES string of the molecule is Cc1cc(C)nc(NS(=O)(=O)c2ccc(NC(=S)NC(=O)c3cc(Br)ccc3OCC(C)C)cc2)n1. The number of amides is 1. The predicted molar refractivity (Wildman–Crippen MR) is 147 cm³/mol. The molecule has 1 amide bonds. The Labute approximate surface area is 224 Å². The molecule has 190 valence electrons. The molecule has 0 aliphatic heterocycles. The van der Waals surface area contributed by atoms with Crippen LogP contribution in [-0.4, -0.2) is 36.0 Å². The van der Waals surface area contributed by atoms with Crippen LogP contribution in [0.2, 0.25) is 0 Å². The van der Waals surface area contributed by atoms with Gasteiger partial charge in [0.1, 0.15) is 5.75 Å². The van der Waals surface area contributed by atoms with Crippen molar-refractivity contribution in [3.05, 3.63) is 70.0 Å².